The van der Waals surface area contributed by atoms with Gasteiger partial charge in [0.15, 0.2) is 0 Å². The van der Waals surface area contributed by atoms with E-state index < -0.39 is 4.92 Å². The number of rotatable bonds is 5. The first kappa shape index (κ1) is 13.5. The molecular weight excluding hydrogens is 266 g/mol. The van der Waals surface area contributed by atoms with E-state index in [1.54, 1.807) is 18.3 Å². The molecule has 19 heavy (non-hydrogen) atoms. The molecule has 1 aromatic heterocycles. The van der Waals surface area contributed by atoms with E-state index in [1.807, 2.05) is 18.2 Å². The van der Waals surface area contributed by atoms with Crippen LogP contribution in [0.1, 0.15) is 11.3 Å². The lowest BCUT2D eigenvalue weighted by Gasteiger charge is -2.07. The SMILES string of the molecule is O=[N+]([O-])c1cccc(Cl)c1CNCc1ccccn1. The van der Waals surface area contributed by atoms with Crippen LogP contribution in [0.5, 0.6) is 0 Å². The molecule has 2 rings (SSSR count). The number of benzene rings is 1. The van der Waals surface area contributed by atoms with Gasteiger partial charge in [0.25, 0.3) is 5.69 Å². The molecule has 1 aromatic carbocycles. The first-order chi connectivity index (χ1) is 9.18. The van der Waals surface area contributed by atoms with Gasteiger partial charge in [-0.25, -0.2) is 0 Å². The maximum absolute atomic E-state index is 10.9. The number of nitrogens with zero attached hydrogens (tertiary/aromatic N) is 2. The van der Waals surface area contributed by atoms with Crippen molar-refractivity contribution in [3.05, 3.63) is 69.0 Å². The van der Waals surface area contributed by atoms with E-state index in [9.17, 15) is 10.1 Å². The third kappa shape index (κ3) is 3.49. The number of nitrogens with one attached hydrogen (secondary N) is 1. The summed E-state index contributed by atoms with van der Waals surface area (Å²) in [6.07, 6.45) is 1.70. The van der Waals surface area contributed by atoms with Crippen LogP contribution in [0.4, 0.5) is 5.69 Å². The van der Waals surface area contributed by atoms with Crippen LogP contribution >= 0.6 is 11.6 Å². The molecule has 0 radical (unpaired) electrons. The largest absolute Gasteiger partial charge is 0.307 e. The van der Waals surface area contributed by atoms with Crippen LogP contribution in [-0.2, 0) is 13.1 Å². The second kappa shape index (κ2) is 6.26. The van der Waals surface area contributed by atoms with Crippen molar-refractivity contribution in [3.8, 4) is 0 Å². The molecule has 0 bridgehead atoms. The van der Waals surface area contributed by atoms with Gasteiger partial charge in [0.05, 0.1) is 21.2 Å². The predicted molar refractivity (Wildman–Crippen MR) is 72.9 cm³/mol. The quantitative estimate of drug-likeness (QED) is 0.674. The Bertz CT molecular complexity index is 575. The van der Waals surface area contributed by atoms with Crippen molar-refractivity contribution in [3.63, 3.8) is 0 Å². The Morgan fingerprint density at radius 1 is 1.21 bits per heavy atom. The van der Waals surface area contributed by atoms with Gasteiger partial charge in [0, 0.05) is 25.4 Å². The van der Waals surface area contributed by atoms with Crippen molar-refractivity contribution in [2.24, 2.45) is 0 Å². The van der Waals surface area contributed by atoms with E-state index in [-0.39, 0.29) is 5.69 Å². The summed E-state index contributed by atoms with van der Waals surface area (Å²) >= 11 is 6.00. The maximum atomic E-state index is 10.9. The lowest BCUT2D eigenvalue weighted by molar-refractivity contribution is -0.385. The summed E-state index contributed by atoms with van der Waals surface area (Å²) in [5, 5.41) is 14.4. The van der Waals surface area contributed by atoms with Gasteiger partial charge in [-0.1, -0.05) is 23.7 Å². The van der Waals surface area contributed by atoms with Crippen molar-refractivity contribution in [1.82, 2.24) is 10.3 Å². The van der Waals surface area contributed by atoms with Crippen LogP contribution in [0.15, 0.2) is 42.6 Å². The van der Waals surface area contributed by atoms with E-state index in [0.29, 0.717) is 23.7 Å². The van der Waals surface area contributed by atoms with Crippen LogP contribution < -0.4 is 5.32 Å². The van der Waals surface area contributed by atoms with Gasteiger partial charge in [0.1, 0.15) is 0 Å². The highest BCUT2D eigenvalue weighted by molar-refractivity contribution is 6.31. The Kier molecular flexibility index (Phi) is 4.43. The number of nitro benzene ring substituents is 1. The smallest absolute Gasteiger partial charge is 0.275 e. The molecule has 98 valence electrons. The van der Waals surface area contributed by atoms with Crippen molar-refractivity contribution >= 4 is 17.3 Å². The van der Waals surface area contributed by atoms with Crippen LogP contribution in [0.2, 0.25) is 5.02 Å². The highest BCUT2D eigenvalue weighted by Crippen LogP contribution is 2.25. The van der Waals surface area contributed by atoms with Gasteiger partial charge < -0.3 is 5.32 Å². The highest BCUT2D eigenvalue weighted by Gasteiger charge is 2.15. The highest BCUT2D eigenvalue weighted by atomic mass is 35.5. The second-order valence-electron chi connectivity index (χ2n) is 3.92. The van der Waals surface area contributed by atoms with E-state index in [4.69, 9.17) is 11.6 Å². The molecule has 0 aliphatic rings. The summed E-state index contributed by atoms with van der Waals surface area (Å²) < 4.78 is 0. The molecular formula is C13H12ClN3O2. The Labute approximate surface area is 115 Å². The van der Waals surface area contributed by atoms with Gasteiger partial charge in [-0.15, -0.1) is 0 Å². The molecule has 0 aliphatic heterocycles. The number of hydrogen-bond acceptors (Lipinski definition) is 4. The molecule has 0 saturated heterocycles. The fraction of sp³-hybridized carbons (Fsp3) is 0.154. The van der Waals surface area contributed by atoms with Crippen LogP contribution in [0.25, 0.3) is 0 Å². The molecule has 0 aliphatic carbocycles. The summed E-state index contributed by atoms with van der Waals surface area (Å²) in [4.78, 5) is 14.6. The van der Waals surface area contributed by atoms with Crippen LogP contribution in [0.3, 0.4) is 0 Å². The molecule has 1 N–H and O–H groups in total. The summed E-state index contributed by atoms with van der Waals surface area (Å²) in [7, 11) is 0. The minimum Gasteiger partial charge on any atom is -0.307 e. The van der Waals surface area contributed by atoms with E-state index in [0.717, 1.165) is 5.69 Å². The van der Waals surface area contributed by atoms with Crippen molar-refractivity contribution < 1.29 is 4.92 Å². The third-order valence-corrected chi connectivity index (χ3v) is 2.98. The summed E-state index contributed by atoms with van der Waals surface area (Å²) in [6, 6.07) is 10.3. The fourth-order valence-corrected chi connectivity index (χ4v) is 1.95. The topological polar surface area (TPSA) is 68.1 Å². The zero-order valence-corrected chi connectivity index (χ0v) is 10.8. The number of nitro groups is 1. The first-order valence-electron chi connectivity index (χ1n) is 5.71. The monoisotopic (exact) mass is 277 g/mol. The minimum absolute atomic E-state index is 0.0287. The molecule has 0 amide bonds. The van der Waals surface area contributed by atoms with Gasteiger partial charge in [-0.2, -0.15) is 0 Å². The molecule has 0 unspecified atom stereocenters. The number of hydrogen-bond donors (Lipinski definition) is 1. The summed E-state index contributed by atoms with van der Waals surface area (Å²) in [5.41, 5.74) is 1.39. The van der Waals surface area contributed by atoms with Gasteiger partial charge in [-0.05, 0) is 18.2 Å². The van der Waals surface area contributed by atoms with E-state index >= 15 is 0 Å². The molecule has 0 fully saturated rings. The molecule has 0 saturated carbocycles. The van der Waals surface area contributed by atoms with Crippen molar-refractivity contribution in [2.45, 2.75) is 13.1 Å². The molecule has 2 aromatic rings. The normalized spacial score (nSPS) is 10.4. The number of aromatic nitrogens is 1. The Hall–Kier alpha value is -1.98. The standard InChI is InChI=1S/C13H12ClN3O2/c14-12-5-3-6-13(17(18)19)11(12)9-15-8-10-4-1-2-7-16-10/h1-7,15H,8-9H2. The molecule has 6 heteroatoms. The van der Waals surface area contributed by atoms with Crippen molar-refractivity contribution in [1.29, 1.82) is 0 Å². The van der Waals surface area contributed by atoms with Crippen LogP contribution in [-0.4, -0.2) is 9.91 Å². The van der Waals surface area contributed by atoms with Crippen LogP contribution in [0, 0.1) is 10.1 Å². The molecule has 0 atom stereocenters. The first-order valence-corrected chi connectivity index (χ1v) is 6.08. The zero-order valence-electron chi connectivity index (χ0n) is 10.0. The summed E-state index contributed by atoms with van der Waals surface area (Å²) in [5.74, 6) is 0. The lowest BCUT2D eigenvalue weighted by atomic mass is 10.2. The second-order valence-corrected chi connectivity index (χ2v) is 4.33. The maximum Gasteiger partial charge on any atom is 0.275 e. The molecule has 0 spiro atoms. The Morgan fingerprint density at radius 3 is 2.74 bits per heavy atom. The number of halogens is 1. The average molecular weight is 278 g/mol. The number of pyridine rings is 1. The molecule has 1 heterocycles. The lowest BCUT2D eigenvalue weighted by Crippen LogP contribution is -2.15. The van der Waals surface area contributed by atoms with Gasteiger partial charge >= 0.3 is 0 Å². The minimum atomic E-state index is -0.427. The zero-order chi connectivity index (χ0) is 13.7. The molecule has 5 nitrogen and oxygen atoms in total. The summed E-state index contributed by atoms with van der Waals surface area (Å²) in [6.45, 7) is 0.857. The fourth-order valence-electron chi connectivity index (χ4n) is 1.71. The van der Waals surface area contributed by atoms with E-state index in [2.05, 4.69) is 10.3 Å². The Morgan fingerprint density at radius 2 is 2.05 bits per heavy atom. The van der Waals surface area contributed by atoms with Crippen molar-refractivity contribution in [2.75, 3.05) is 0 Å². The third-order valence-electron chi connectivity index (χ3n) is 2.62. The average Bonchev–Trinajstić information content (AvgIpc) is 2.41. The Balaban J connectivity index is 2.05. The van der Waals surface area contributed by atoms with Gasteiger partial charge in [0.2, 0.25) is 0 Å². The predicted octanol–water partition coefficient (Wildman–Crippen LogP) is 2.93. The van der Waals surface area contributed by atoms with E-state index in [1.165, 1.54) is 6.07 Å². The van der Waals surface area contributed by atoms with Gasteiger partial charge in [-0.3, -0.25) is 15.1 Å².